The van der Waals surface area contributed by atoms with E-state index in [1.807, 2.05) is 26.8 Å². The first-order valence-corrected chi connectivity index (χ1v) is 9.75. The number of halogens is 2. The van der Waals surface area contributed by atoms with E-state index in [1.54, 1.807) is 11.1 Å². The van der Waals surface area contributed by atoms with Gasteiger partial charge in [0, 0.05) is 31.0 Å². The van der Waals surface area contributed by atoms with Crippen molar-refractivity contribution in [3.8, 4) is 11.8 Å². The van der Waals surface area contributed by atoms with Gasteiger partial charge in [0.25, 0.3) is 0 Å². The predicted octanol–water partition coefficient (Wildman–Crippen LogP) is 3.50. The number of ether oxygens (including phenoxy) is 1. The lowest BCUT2D eigenvalue weighted by atomic mass is 10.0. The Morgan fingerprint density at radius 1 is 1.42 bits per heavy atom. The topological polar surface area (TPSA) is 77.8 Å². The van der Waals surface area contributed by atoms with Crippen LogP contribution < -0.4 is 5.32 Å². The van der Waals surface area contributed by atoms with E-state index in [0.717, 1.165) is 18.5 Å². The first-order chi connectivity index (χ1) is 12.2. The average Bonchev–Trinajstić information content (AvgIpc) is 2.51. The monoisotopic (exact) mass is 442 g/mol. The Morgan fingerprint density at radius 2 is 2.08 bits per heavy atom. The van der Waals surface area contributed by atoms with E-state index in [9.17, 15) is 4.79 Å². The molecule has 2 aliphatic rings. The SMILES string of the molecule is CC(C)(C)OC(=O)N1CCC(N/C2=C/C=N\C(Cl)C#CC2C(=N)Br)CC1. The van der Waals surface area contributed by atoms with Crippen molar-refractivity contribution in [3.05, 3.63) is 11.8 Å². The summed E-state index contributed by atoms with van der Waals surface area (Å²) < 4.78 is 5.70. The molecule has 8 heteroatoms. The van der Waals surface area contributed by atoms with E-state index in [1.165, 1.54) is 0 Å². The van der Waals surface area contributed by atoms with E-state index < -0.39 is 17.0 Å². The van der Waals surface area contributed by atoms with Crippen LogP contribution in [0.4, 0.5) is 4.79 Å². The molecule has 0 bridgehead atoms. The van der Waals surface area contributed by atoms with Gasteiger partial charge >= 0.3 is 6.09 Å². The molecule has 6 nitrogen and oxygen atoms in total. The summed E-state index contributed by atoms with van der Waals surface area (Å²) in [6.45, 7) is 6.84. The van der Waals surface area contributed by atoms with Crippen LogP contribution in [0, 0.1) is 23.2 Å². The van der Waals surface area contributed by atoms with Crippen LogP contribution >= 0.6 is 27.5 Å². The van der Waals surface area contributed by atoms with Crippen molar-refractivity contribution in [2.45, 2.75) is 50.8 Å². The largest absolute Gasteiger partial charge is 0.444 e. The number of hydrogen-bond acceptors (Lipinski definition) is 5. The van der Waals surface area contributed by atoms with Gasteiger partial charge in [-0.15, -0.1) is 0 Å². The predicted molar refractivity (Wildman–Crippen MR) is 108 cm³/mol. The molecule has 2 N–H and O–H groups in total. The van der Waals surface area contributed by atoms with Crippen LogP contribution in [0.5, 0.6) is 0 Å². The van der Waals surface area contributed by atoms with Crippen LogP contribution in [0.2, 0.25) is 0 Å². The van der Waals surface area contributed by atoms with Crippen LogP contribution in [0.1, 0.15) is 33.6 Å². The Balaban J connectivity index is 1.96. The number of alkyl halides is 1. The molecular weight excluding hydrogens is 420 g/mol. The zero-order chi connectivity index (χ0) is 19.3. The zero-order valence-electron chi connectivity index (χ0n) is 15.2. The van der Waals surface area contributed by atoms with Crippen LogP contribution in [-0.4, -0.2) is 52.1 Å². The van der Waals surface area contributed by atoms with E-state index in [0.29, 0.717) is 13.1 Å². The molecule has 0 aromatic carbocycles. The fraction of sp³-hybridized carbons (Fsp3) is 0.611. The Kier molecular flexibility index (Phi) is 7.13. The lowest BCUT2D eigenvalue weighted by molar-refractivity contribution is 0.0200. The normalized spacial score (nSPS) is 27.1. The highest BCUT2D eigenvalue weighted by molar-refractivity contribution is 9.18. The third-order valence-electron chi connectivity index (χ3n) is 3.90. The maximum atomic E-state index is 12.2. The number of allylic oxidation sites excluding steroid dienone is 2. The van der Waals surface area contributed by atoms with Crippen molar-refractivity contribution in [2.24, 2.45) is 10.9 Å². The van der Waals surface area contributed by atoms with Gasteiger partial charge in [0.2, 0.25) is 0 Å². The van der Waals surface area contributed by atoms with Crippen molar-refractivity contribution in [3.63, 3.8) is 0 Å². The van der Waals surface area contributed by atoms with Crippen LogP contribution in [0.25, 0.3) is 0 Å². The molecule has 2 unspecified atom stereocenters. The minimum atomic E-state index is -0.598. The summed E-state index contributed by atoms with van der Waals surface area (Å²) in [5.41, 5.74) is -0.279. The fourth-order valence-corrected chi connectivity index (χ4v) is 3.15. The summed E-state index contributed by atoms with van der Waals surface area (Å²) >= 11 is 9.16. The molecule has 0 aromatic rings. The molecule has 1 fully saturated rings. The number of hydrogen-bond donors (Lipinski definition) is 2. The average molecular weight is 444 g/mol. The second-order valence-corrected chi connectivity index (χ2v) is 8.48. The molecule has 142 valence electrons. The van der Waals surface area contributed by atoms with Gasteiger partial charge in [0.1, 0.15) is 11.5 Å². The Labute approximate surface area is 168 Å². The molecule has 1 amide bonds. The maximum Gasteiger partial charge on any atom is 0.410 e. The van der Waals surface area contributed by atoms with Gasteiger partial charge in [0.15, 0.2) is 5.50 Å². The van der Waals surface area contributed by atoms with Crippen molar-refractivity contribution in [2.75, 3.05) is 13.1 Å². The molecule has 2 heterocycles. The second kappa shape index (κ2) is 8.92. The summed E-state index contributed by atoms with van der Waals surface area (Å²) in [5, 5.41) is 11.4. The van der Waals surface area contributed by atoms with E-state index >= 15 is 0 Å². The summed E-state index contributed by atoms with van der Waals surface area (Å²) in [7, 11) is 0. The van der Waals surface area contributed by atoms with Crippen LogP contribution in [-0.2, 0) is 4.74 Å². The number of carbonyl (C=O) groups is 1. The first kappa shape index (κ1) is 20.8. The molecule has 0 radical (unpaired) electrons. The lowest BCUT2D eigenvalue weighted by Crippen LogP contribution is -2.47. The van der Waals surface area contributed by atoms with Gasteiger partial charge in [-0.2, -0.15) is 0 Å². The molecule has 2 aliphatic heterocycles. The Hall–Kier alpha value is -1.52. The number of likely N-dealkylation sites (tertiary alicyclic amines) is 1. The highest BCUT2D eigenvalue weighted by Crippen LogP contribution is 2.20. The standard InChI is InChI=1S/C18H24BrClN4O2/c1-18(2,3)26-17(25)24-10-7-12(8-11-24)23-14-6-9-22-15(20)5-4-13(14)16(19)21/h6,9,12-13,15,21,23H,7-8,10-11H2,1-3H3/b14-6+,21-16?,22-9-. The fourth-order valence-electron chi connectivity index (χ4n) is 2.66. The second-order valence-electron chi connectivity index (χ2n) is 7.21. The van der Waals surface area contributed by atoms with Gasteiger partial charge in [-0.05, 0) is 55.6 Å². The highest BCUT2D eigenvalue weighted by atomic mass is 79.9. The number of amides is 1. The summed E-state index contributed by atoms with van der Waals surface area (Å²) in [5.74, 6) is 5.41. The smallest absolute Gasteiger partial charge is 0.410 e. The van der Waals surface area contributed by atoms with Gasteiger partial charge in [-0.3, -0.25) is 10.4 Å². The summed E-state index contributed by atoms with van der Waals surface area (Å²) in [4.78, 5) is 18.0. The van der Waals surface area contributed by atoms with Gasteiger partial charge in [0.05, 0.1) is 4.62 Å². The summed E-state index contributed by atoms with van der Waals surface area (Å²) in [6, 6.07) is 0.190. The maximum absolute atomic E-state index is 12.2. The summed E-state index contributed by atoms with van der Waals surface area (Å²) in [6.07, 6.45) is 4.74. The van der Waals surface area contributed by atoms with Crippen molar-refractivity contribution < 1.29 is 9.53 Å². The number of nitrogens with zero attached hydrogens (tertiary/aromatic N) is 2. The molecular formula is C18H24BrClN4O2. The molecule has 0 aliphatic carbocycles. The van der Waals surface area contributed by atoms with Gasteiger partial charge in [-0.25, -0.2) is 4.79 Å². The molecule has 2 atom stereocenters. The van der Waals surface area contributed by atoms with Gasteiger partial charge in [-0.1, -0.05) is 23.4 Å². The molecule has 0 saturated carbocycles. The molecule has 0 aromatic heterocycles. The Bertz CT molecular complexity index is 667. The van der Waals surface area contributed by atoms with Crippen molar-refractivity contribution in [1.29, 1.82) is 5.41 Å². The van der Waals surface area contributed by atoms with Crippen LogP contribution in [0.3, 0.4) is 0 Å². The van der Waals surface area contributed by atoms with Crippen molar-refractivity contribution >= 4 is 44.5 Å². The van der Waals surface area contributed by atoms with Crippen molar-refractivity contribution in [1.82, 2.24) is 10.2 Å². The minimum Gasteiger partial charge on any atom is -0.444 e. The van der Waals surface area contributed by atoms with E-state index in [2.05, 4.69) is 38.1 Å². The van der Waals surface area contributed by atoms with Crippen LogP contribution in [0.15, 0.2) is 16.8 Å². The molecule has 0 spiro atoms. The third kappa shape index (κ3) is 6.33. The first-order valence-electron chi connectivity index (χ1n) is 8.52. The van der Waals surface area contributed by atoms with E-state index in [-0.39, 0.29) is 16.8 Å². The number of nitrogens with one attached hydrogen (secondary N) is 2. The minimum absolute atomic E-state index is 0.190. The Morgan fingerprint density at radius 3 is 2.65 bits per heavy atom. The zero-order valence-corrected chi connectivity index (χ0v) is 17.5. The number of rotatable bonds is 3. The molecule has 26 heavy (non-hydrogen) atoms. The van der Waals surface area contributed by atoms with E-state index in [4.69, 9.17) is 21.7 Å². The quantitative estimate of drug-likeness (QED) is 0.303. The highest BCUT2D eigenvalue weighted by Gasteiger charge is 2.28. The van der Waals surface area contributed by atoms with Gasteiger partial charge < -0.3 is 15.0 Å². The molecule has 1 saturated heterocycles. The third-order valence-corrected chi connectivity index (χ3v) is 4.58. The molecule has 2 rings (SSSR count). The number of aliphatic imine (C=N–C) groups is 1. The number of carbonyl (C=O) groups excluding carboxylic acids is 1. The lowest BCUT2D eigenvalue weighted by Gasteiger charge is -2.35. The number of piperidine rings is 1.